The highest BCUT2D eigenvalue weighted by Gasteiger charge is 2.57. The molecule has 2 fully saturated rings. The number of benzene rings is 2. The minimum absolute atomic E-state index is 0.00940. The minimum atomic E-state index is -0.361. The van der Waals surface area contributed by atoms with Gasteiger partial charge in [-0.1, -0.05) is 62.7 Å². The summed E-state index contributed by atoms with van der Waals surface area (Å²) in [7, 11) is 0. The summed E-state index contributed by atoms with van der Waals surface area (Å²) in [6.45, 7) is 7.56. The van der Waals surface area contributed by atoms with Crippen LogP contribution in [0.1, 0.15) is 57.6 Å². The zero-order valence-electron chi connectivity index (χ0n) is 18.0. The predicted octanol–water partition coefficient (Wildman–Crippen LogP) is 6.06. The fraction of sp³-hybridized carbons (Fsp3) is 0.462. The summed E-state index contributed by atoms with van der Waals surface area (Å²) < 4.78 is 0. The van der Waals surface area contributed by atoms with Gasteiger partial charge in [0.25, 0.3) is 0 Å². The fourth-order valence-electron chi connectivity index (χ4n) is 5.48. The topological polar surface area (TPSA) is 32.7 Å². The van der Waals surface area contributed by atoms with Crippen LogP contribution in [0.25, 0.3) is 0 Å². The van der Waals surface area contributed by atoms with Crippen molar-refractivity contribution in [3.63, 3.8) is 0 Å². The molecule has 2 aliphatic heterocycles. The van der Waals surface area contributed by atoms with Gasteiger partial charge >= 0.3 is 0 Å². The number of hydrogen-bond acceptors (Lipinski definition) is 2. The normalized spacial score (nSPS) is 26.7. The van der Waals surface area contributed by atoms with Crippen LogP contribution in [0.2, 0.25) is 5.02 Å². The molecule has 0 aromatic heterocycles. The van der Waals surface area contributed by atoms with Gasteiger partial charge in [0.15, 0.2) is 0 Å². The number of piperidine rings is 1. The van der Waals surface area contributed by atoms with Crippen LogP contribution in [-0.4, -0.2) is 29.6 Å². The summed E-state index contributed by atoms with van der Waals surface area (Å²) in [5.74, 6) is 0.294. The van der Waals surface area contributed by atoms with Crippen molar-refractivity contribution in [1.29, 1.82) is 0 Å². The summed E-state index contributed by atoms with van der Waals surface area (Å²) in [4.78, 5) is 20.9. The Morgan fingerprint density at radius 3 is 2.43 bits per heavy atom. The van der Waals surface area contributed by atoms with E-state index in [1.54, 1.807) is 0 Å². The van der Waals surface area contributed by atoms with Gasteiger partial charge in [-0.05, 0) is 60.4 Å². The zero-order chi connectivity index (χ0) is 21.1. The van der Waals surface area contributed by atoms with Crippen molar-refractivity contribution in [3.8, 4) is 0 Å². The lowest BCUT2D eigenvalue weighted by Gasteiger charge is -2.50. The molecule has 156 valence electrons. The maximum atomic E-state index is 13.9. The molecule has 2 aromatic carbocycles. The van der Waals surface area contributed by atoms with Crippen LogP contribution < -0.4 is 0 Å². The standard InChI is InChI=1S/C26H29ClN2O/c1-24(2,3)22-16-25(17-28-21-7-5-4-6-20(21)25)14-15-29(22)23(30)26(12-13-26)18-8-10-19(27)11-9-18/h4-11,17,22H,12-16H2,1-3H3. The number of hydrogen-bond donors (Lipinski definition) is 0. The van der Waals surface area contributed by atoms with E-state index >= 15 is 0 Å². The Bertz CT molecular complexity index is 1020. The van der Waals surface area contributed by atoms with Crippen molar-refractivity contribution in [2.24, 2.45) is 10.4 Å². The van der Waals surface area contributed by atoms with E-state index in [4.69, 9.17) is 16.6 Å². The molecule has 2 atom stereocenters. The molecule has 3 nitrogen and oxygen atoms in total. The number of para-hydroxylation sites is 1. The molecule has 5 rings (SSSR count). The van der Waals surface area contributed by atoms with E-state index in [1.807, 2.05) is 24.3 Å². The number of aliphatic imine (C=N–C) groups is 1. The van der Waals surface area contributed by atoms with Gasteiger partial charge in [0, 0.05) is 29.2 Å². The number of halogens is 1. The molecule has 3 aliphatic rings. The molecular weight excluding hydrogens is 392 g/mol. The molecule has 2 aromatic rings. The van der Waals surface area contributed by atoms with Gasteiger partial charge in [-0.3, -0.25) is 9.79 Å². The second-order valence-corrected chi connectivity index (χ2v) is 10.8. The molecule has 30 heavy (non-hydrogen) atoms. The van der Waals surface area contributed by atoms with Crippen molar-refractivity contribution < 1.29 is 4.79 Å². The lowest BCUT2D eigenvalue weighted by atomic mass is 9.66. The number of carbonyl (C=O) groups excluding carboxylic acids is 1. The molecule has 4 heteroatoms. The van der Waals surface area contributed by atoms with Crippen molar-refractivity contribution in [3.05, 3.63) is 64.7 Å². The fourth-order valence-corrected chi connectivity index (χ4v) is 5.60. The Labute approximate surface area is 184 Å². The number of amides is 1. The quantitative estimate of drug-likeness (QED) is 0.580. The first-order valence-corrected chi connectivity index (χ1v) is 11.3. The van der Waals surface area contributed by atoms with Gasteiger partial charge in [0.2, 0.25) is 5.91 Å². The third-order valence-corrected chi connectivity index (χ3v) is 7.69. The Morgan fingerprint density at radius 2 is 1.77 bits per heavy atom. The zero-order valence-corrected chi connectivity index (χ0v) is 18.7. The largest absolute Gasteiger partial charge is 0.338 e. The summed E-state index contributed by atoms with van der Waals surface area (Å²) in [5, 5.41) is 0.716. The van der Waals surface area contributed by atoms with E-state index in [0.717, 1.165) is 43.5 Å². The van der Waals surface area contributed by atoms with Crippen LogP contribution in [0.4, 0.5) is 5.69 Å². The molecule has 1 aliphatic carbocycles. The molecule has 2 unspecified atom stereocenters. The van der Waals surface area contributed by atoms with E-state index < -0.39 is 0 Å². The van der Waals surface area contributed by atoms with Gasteiger partial charge in [-0.25, -0.2) is 0 Å². The molecule has 1 saturated carbocycles. The Morgan fingerprint density at radius 1 is 1.07 bits per heavy atom. The molecule has 0 bridgehead atoms. The third kappa shape index (κ3) is 3.01. The molecule has 1 spiro atoms. The first-order chi connectivity index (χ1) is 14.3. The monoisotopic (exact) mass is 420 g/mol. The lowest BCUT2D eigenvalue weighted by molar-refractivity contribution is -0.141. The highest BCUT2D eigenvalue weighted by molar-refractivity contribution is 6.30. The van der Waals surface area contributed by atoms with E-state index in [1.165, 1.54) is 5.56 Å². The SMILES string of the molecule is CC(C)(C)C1CC2(C=Nc3ccccc32)CCN1C(=O)C1(c2ccc(Cl)cc2)CC1. The summed E-state index contributed by atoms with van der Waals surface area (Å²) in [5.41, 5.74) is 3.10. The first kappa shape index (κ1) is 19.8. The Hall–Kier alpha value is -2.13. The van der Waals surface area contributed by atoms with E-state index in [9.17, 15) is 4.79 Å². The number of carbonyl (C=O) groups is 1. The number of likely N-dealkylation sites (tertiary alicyclic amines) is 1. The van der Waals surface area contributed by atoms with Gasteiger partial charge in [-0.2, -0.15) is 0 Å². The highest BCUT2D eigenvalue weighted by Crippen LogP contribution is 2.53. The average molecular weight is 421 g/mol. The second-order valence-electron chi connectivity index (χ2n) is 10.4. The maximum Gasteiger partial charge on any atom is 0.233 e. The maximum absolute atomic E-state index is 13.9. The van der Waals surface area contributed by atoms with E-state index in [-0.39, 0.29) is 22.3 Å². The van der Waals surface area contributed by atoms with E-state index in [2.05, 4.69) is 56.2 Å². The second kappa shape index (κ2) is 6.68. The van der Waals surface area contributed by atoms with Crippen LogP contribution in [0.15, 0.2) is 53.5 Å². The average Bonchev–Trinajstić information content (AvgIpc) is 3.47. The van der Waals surface area contributed by atoms with Gasteiger partial charge in [0.1, 0.15) is 0 Å². The smallest absolute Gasteiger partial charge is 0.233 e. The van der Waals surface area contributed by atoms with Crippen molar-refractivity contribution in [1.82, 2.24) is 4.90 Å². The predicted molar refractivity (Wildman–Crippen MR) is 123 cm³/mol. The first-order valence-electron chi connectivity index (χ1n) is 11.0. The number of rotatable bonds is 2. The van der Waals surface area contributed by atoms with Crippen molar-refractivity contribution in [2.75, 3.05) is 6.54 Å². The van der Waals surface area contributed by atoms with E-state index in [0.29, 0.717) is 10.9 Å². The highest BCUT2D eigenvalue weighted by atomic mass is 35.5. The van der Waals surface area contributed by atoms with Crippen LogP contribution in [0, 0.1) is 5.41 Å². The number of fused-ring (bicyclic) bond motifs is 2. The van der Waals surface area contributed by atoms with Crippen molar-refractivity contribution in [2.45, 2.75) is 63.3 Å². The van der Waals surface area contributed by atoms with Crippen molar-refractivity contribution >= 4 is 29.4 Å². The molecule has 1 amide bonds. The molecule has 0 radical (unpaired) electrons. The summed E-state index contributed by atoms with van der Waals surface area (Å²) in [6, 6.07) is 16.5. The molecule has 1 saturated heterocycles. The van der Waals surface area contributed by atoms with Crippen LogP contribution in [0.5, 0.6) is 0 Å². The van der Waals surface area contributed by atoms with Crippen LogP contribution in [0.3, 0.4) is 0 Å². The molecule has 0 N–H and O–H groups in total. The van der Waals surface area contributed by atoms with Gasteiger partial charge < -0.3 is 4.90 Å². The summed E-state index contributed by atoms with van der Waals surface area (Å²) >= 11 is 6.10. The lowest BCUT2D eigenvalue weighted by Crippen LogP contribution is -2.58. The summed E-state index contributed by atoms with van der Waals surface area (Å²) in [6.07, 6.45) is 5.87. The van der Waals surface area contributed by atoms with Gasteiger partial charge in [0.05, 0.1) is 11.1 Å². The Balaban J connectivity index is 1.47. The van der Waals surface area contributed by atoms with Crippen LogP contribution in [-0.2, 0) is 15.6 Å². The minimum Gasteiger partial charge on any atom is -0.338 e. The van der Waals surface area contributed by atoms with Crippen LogP contribution >= 0.6 is 11.6 Å². The third-order valence-electron chi connectivity index (χ3n) is 7.44. The number of nitrogens with zero attached hydrogens (tertiary/aromatic N) is 2. The Kier molecular flexibility index (Phi) is 4.41. The van der Waals surface area contributed by atoms with Gasteiger partial charge in [-0.15, -0.1) is 0 Å². The molecular formula is C26H29ClN2O. The molecule has 2 heterocycles.